The van der Waals surface area contributed by atoms with Crippen molar-refractivity contribution in [2.24, 2.45) is 4.99 Å². The molecule has 2 heterocycles. The van der Waals surface area contributed by atoms with Crippen molar-refractivity contribution in [3.05, 3.63) is 82.5 Å². The zero-order valence-electron chi connectivity index (χ0n) is 17.9. The van der Waals surface area contributed by atoms with Crippen LogP contribution in [0.5, 0.6) is 0 Å². The lowest BCUT2D eigenvalue weighted by atomic mass is 10.1. The number of aliphatic imine (C=N–C) groups is 1. The summed E-state index contributed by atoms with van der Waals surface area (Å²) in [6.07, 6.45) is 2.53. The van der Waals surface area contributed by atoms with E-state index in [2.05, 4.69) is 33.6 Å². The summed E-state index contributed by atoms with van der Waals surface area (Å²) in [4.78, 5) is 21.3. The number of pyridine rings is 1. The smallest absolute Gasteiger partial charge is 0.383 e. The van der Waals surface area contributed by atoms with Crippen LogP contribution in [-0.2, 0) is 6.18 Å². The van der Waals surface area contributed by atoms with Gasteiger partial charge in [-0.3, -0.25) is 14.8 Å². The average molecular weight is 479 g/mol. The number of amides is 1. The maximum Gasteiger partial charge on any atom is 0.433 e. The number of carbonyl (C=O) groups excluding carboxylic acids is 1. The third-order valence-electron chi connectivity index (χ3n) is 4.78. The van der Waals surface area contributed by atoms with Crippen molar-refractivity contribution in [1.29, 1.82) is 0 Å². The molecule has 1 amide bonds. The zero-order chi connectivity index (χ0) is 24.0. The molecule has 0 saturated heterocycles. The van der Waals surface area contributed by atoms with Gasteiger partial charge >= 0.3 is 6.18 Å². The lowest BCUT2D eigenvalue weighted by molar-refractivity contribution is -0.141. The van der Waals surface area contributed by atoms with Gasteiger partial charge in [0.15, 0.2) is 0 Å². The van der Waals surface area contributed by atoms with Gasteiger partial charge in [-0.1, -0.05) is 6.92 Å². The van der Waals surface area contributed by atoms with Gasteiger partial charge in [0.25, 0.3) is 5.91 Å². The van der Waals surface area contributed by atoms with Crippen LogP contribution in [0.1, 0.15) is 47.9 Å². The van der Waals surface area contributed by atoms with Crippen molar-refractivity contribution < 1.29 is 22.4 Å². The Morgan fingerprint density at radius 2 is 2.09 bits per heavy atom. The third kappa shape index (κ3) is 6.67. The summed E-state index contributed by atoms with van der Waals surface area (Å²) in [6, 6.07) is 5.39. The average Bonchev–Trinajstić information content (AvgIpc) is 3.25. The number of nitrogens with zero attached hydrogens (tertiary/aromatic N) is 2. The third-order valence-corrected chi connectivity index (χ3v) is 6.00. The Labute approximate surface area is 193 Å². The number of halogens is 4. The quantitative estimate of drug-likeness (QED) is 0.472. The van der Waals surface area contributed by atoms with Crippen molar-refractivity contribution >= 4 is 29.1 Å². The number of aromatic nitrogens is 1. The van der Waals surface area contributed by atoms with Crippen molar-refractivity contribution in [3.8, 4) is 0 Å². The normalized spacial score (nSPS) is 16.2. The number of carbonyl (C=O) groups is 1. The summed E-state index contributed by atoms with van der Waals surface area (Å²) in [7, 11) is 0. The van der Waals surface area contributed by atoms with Crippen LogP contribution in [-0.4, -0.2) is 22.4 Å². The maximum absolute atomic E-state index is 14.3. The minimum Gasteiger partial charge on any atom is -0.383 e. The number of thioether (sulfide) groups is 1. The van der Waals surface area contributed by atoms with Crippen LogP contribution < -0.4 is 10.6 Å². The van der Waals surface area contributed by atoms with Crippen molar-refractivity contribution in [3.63, 3.8) is 0 Å². The minimum atomic E-state index is -4.59. The van der Waals surface area contributed by atoms with Crippen LogP contribution in [0.4, 0.5) is 23.2 Å². The highest BCUT2D eigenvalue weighted by atomic mass is 32.2. The second-order valence-electron chi connectivity index (χ2n) is 7.20. The molecule has 1 aliphatic rings. The molecule has 1 aliphatic heterocycles. The van der Waals surface area contributed by atoms with E-state index < -0.39 is 29.6 Å². The van der Waals surface area contributed by atoms with Crippen molar-refractivity contribution in [2.45, 2.75) is 32.5 Å². The van der Waals surface area contributed by atoms with Gasteiger partial charge in [-0.05, 0) is 54.7 Å². The van der Waals surface area contributed by atoms with Gasteiger partial charge < -0.3 is 10.6 Å². The molecule has 1 aromatic carbocycles. The molecule has 2 N–H and O–H groups in total. The van der Waals surface area contributed by atoms with Crippen LogP contribution in [0.15, 0.2) is 64.9 Å². The van der Waals surface area contributed by atoms with Gasteiger partial charge in [-0.25, -0.2) is 4.39 Å². The summed E-state index contributed by atoms with van der Waals surface area (Å²) in [5.74, 6) is -0.292. The lowest BCUT2D eigenvalue weighted by Crippen LogP contribution is -2.16. The fraction of sp³-hybridized carbons (Fsp3) is 0.261. The van der Waals surface area contributed by atoms with E-state index in [0.717, 1.165) is 36.2 Å². The molecule has 0 saturated carbocycles. The molecule has 2 aromatic rings. The molecule has 0 spiro atoms. The Morgan fingerprint density at radius 3 is 2.73 bits per heavy atom. The topological polar surface area (TPSA) is 66.4 Å². The Morgan fingerprint density at radius 1 is 1.30 bits per heavy atom. The monoisotopic (exact) mass is 478 g/mol. The van der Waals surface area contributed by atoms with E-state index in [0.29, 0.717) is 11.3 Å². The fourth-order valence-electron chi connectivity index (χ4n) is 2.98. The number of hydrogen-bond acceptors (Lipinski definition) is 5. The Balaban J connectivity index is 1.64. The first-order valence-corrected chi connectivity index (χ1v) is 11.1. The van der Waals surface area contributed by atoms with Gasteiger partial charge in [-0.2, -0.15) is 13.2 Å². The number of rotatable bonds is 7. The molecule has 174 valence electrons. The first-order chi connectivity index (χ1) is 15.7. The fourth-order valence-corrected chi connectivity index (χ4v) is 3.89. The SMILES string of the molecule is CCC1=CC(=NC=CNC(C)c2cc(NC(=O)c3ccc(C(F)(F)F)nc3)ccc2F)CS1. The summed E-state index contributed by atoms with van der Waals surface area (Å²) in [6.45, 7) is 3.84. The number of alkyl halides is 3. The van der Waals surface area contributed by atoms with Gasteiger partial charge in [-0.15, -0.1) is 11.8 Å². The summed E-state index contributed by atoms with van der Waals surface area (Å²) in [5.41, 5.74) is 0.438. The van der Waals surface area contributed by atoms with Crippen LogP contribution in [0.2, 0.25) is 0 Å². The number of hydrogen-bond donors (Lipinski definition) is 2. The molecule has 0 aliphatic carbocycles. The second-order valence-corrected chi connectivity index (χ2v) is 8.30. The number of allylic oxidation sites excluding steroid dienone is 2. The zero-order valence-corrected chi connectivity index (χ0v) is 18.7. The molecular formula is C23H22F4N4OS. The van der Waals surface area contributed by atoms with E-state index in [1.165, 1.54) is 23.1 Å². The number of anilines is 1. The van der Waals surface area contributed by atoms with Crippen LogP contribution in [0, 0.1) is 5.82 Å². The van der Waals surface area contributed by atoms with E-state index in [1.54, 1.807) is 31.1 Å². The first-order valence-electron chi connectivity index (χ1n) is 10.1. The van der Waals surface area contributed by atoms with Crippen molar-refractivity contribution in [2.75, 3.05) is 11.1 Å². The molecule has 0 fully saturated rings. The van der Waals surface area contributed by atoms with E-state index in [1.807, 2.05) is 0 Å². The van der Waals surface area contributed by atoms with E-state index in [9.17, 15) is 22.4 Å². The summed E-state index contributed by atoms with van der Waals surface area (Å²) in [5, 5.41) is 5.59. The van der Waals surface area contributed by atoms with E-state index in [4.69, 9.17) is 0 Å². The number of benzene rings is 1. The molecule has 0 radical (unpaired) electrons. The molecule has 33 heavy (non-hydrogen) atoms. The maximum atomic E-state index is 14.3. The van der Waals surface area contributed by atoms with E-state index >= 15 is 0 Å². The lowest BCUT2D eigenvalue weighted by Gasteiger charge is -2.15. The largest absolute Gasteiger partial charge is 0.433 e. The van der Waals surface area contributed by atoms with Gasteiger partial charge in [0, 0.05) is 35.6 Å². The molecule has 0 bridgehead atoms. The van der Waals surface area contributed by atoms with Gasteiger partial charge in [0.05, 0.1) is 17.3 Å². The standard InChI is InChI=1S/C23H22F4N4OS/c1-3-18-10-17(13-33-18)29-9-8-28-14(2)19-11-16(5-6-20(19)24)31-22(32)15-4-7-21(30-12-15)23(25,26)27/h4-12,14,28H,3,13H2,1-2H3,(H,31,32). The molecule has 5 nitrogen and oxygen atoms in total. The van der Waals surface area contributed by atoms with Crippen LogP contribution >= 0.6 is 11.8 Å². The Kier molecular flexibility index (Phi) is 7.91. The molecule has 1 unspecified atom stereocenters. The summed E-state index contributed by atoms with van der Waals surface area (Å²) < 4.78 is 52.2. The predicted molar refractivity (Wildman–Crippen MR) is 123 cm³/mol. The molecule has 1 aromatic heterocycles. The minimum absolute atomic E-state index is 0.0487. The van der Waals surface area contributed by atoms with E-state index in [-0.39, 0.29) is 5.56 Å². The van der Waals surface area contributed by atoms with Crippen LogP contribution in [0.25, 0.3) is 0 Å². The highest BCUT2D eigenvalue weighted by molar-refractivity contribution is 8.04. The molecule has 3 rings (SSSR count). The predicted octanol–water partition coefficient (Wildman–Crippen LogP) is 6.10. The molecule has 10 heteroatoms. The highest BCUT2D eigenvalue weighted by Gasteiger charge is 2.32. The van der Waals surface area contributed by atoms with Crippen LogP contribution in [0.3, 0.4) is 0 Å². The number of nitrogens with one attached hydrogen (secondary N) is 2. The Bertz CT molecular complexity index is 1090. The second kappa shape index (κ2) is 10.7. The molecule has 1 atom stereocenters. The molecular weight excluding hydrogens is 456 g/mol. The Hall–Kier alpha value is -3.14. The van der Waals surface area contributed by atoms with Gasteiger partial charge in [0.1, 0.15) is 11.5 Å². The highest BCUT2D eigenvalue weighted by Crippen LogP contribution is 2.28. The summed E-state index contributed by atoms with van der Waals surface area (Å²) >= 11 is 1.76. The van der Waals surface area contributed by atoms with Crippen molar-refractivity contribution in [1.82, 2.24) is 10.3 Å². The van der Waals surface area contributed by atoms with Gasteiger partial charge in [0.2, 0.25) is 0 Å². The first kappa shape index (κ1) is 24.5.